The number of aromatic nitrogens is 2. The third-order valence-corrected chi connectivity index (χ3v) is 2.47. The first-order valence-electron chi connectivity index (χ1n) is 5.47. The predicted octanol–water partition coefficient (Wildman–Crippen LogP) is 1.74. The van der Waals surface area contributed by atoms with Gasteiger partial charge in [0.15, 0.2) is 0 Å². The van der Waals surface area contributed by atoms with Crippen LogP contribution in [0.4, 0.5) is 5.95 Å². The molecular weight excluding hydrogens is 216 g/mol. The molecule has 0 aliphatic carbocycles. The average Bonchev–Trinajstić information content (AvgIpc) is 2.89. The Morgan fingerprint density at radius 2 is 2.06 bits per heavy atom. The van der Waals surface area contributed by atoms with Gasteiger partial charge in [-0.1, -0.05) is 17.0 Å². The van der Waals surface area contributed by atoms with E-state index in [4.69, 9.17) is 5.53 Å². The van der Waals surface area contributed by atoms with E-state index in [0.29, 0.717) is 0 Å². The van der Waals surface area contributed by atoms with Crippen molar-refractivity contribution in [2.24, 2.45) is 5.11 Å². The monoisotopic (exact) mass is 228 g/mol. The lowest BCUT2D eigenvalue weighted by Gasteiger charge is -2.13. The van der Waals surface area contributed by atoms with Crippen LogP contribution in [0.1, 0.15) is 18.4 Å². The van der Waals surface area contributed by atoms with Gasteiger partial charge < -0.3 is 4.90 Å². The molecule has 86 valence electrons. The smallest absolute Gasteiger partial charge is 0.225 e. The van der Waals surface area contributed by atoms with E-state index in [-0.39, 0.29) is 6.54 Å². The van der Waals surface area contributed by atoms with Crippen molar-refractivity contribution in [2.75, 3.05) is 24.5 Å². The van der Waals surface area contributed by atoms with Crippen molar-refractivity contribution in [3.63, 3.8) is 0 Å². The quantitative estimate of drug-likeness (QED) is 0.335. The standard InChI is InChI=1S/C11H12N6/c12-16-15-5-3-4-10-8-13-11(14-9-10)17-6-1-2-7-17/h8-9H,1-2,5-7H2. The fourth-order valence-corrected chi connectivity index (χ4v) is 1.67. The molecule has 17 heavy (non-hydrogen) atoms. The molecule has 0 spiro atoms. The number of hydrogen-bond acceptors (Lipinski definition) is 4. The molecule has 0 unspecified atom stereocenters. The summed E-state index contributed by atoms with van der Waals surface area (Å²) in [6.45, 7) is 2.23. The number of nitrogens with zero attached hydrogens (tertiary/aromatic N) is 6. The van der Waals surface area contributed by atoms with Crippen molar-refractivity contribution in [3.8, 4) is 11.8 Å². The highest BCUT2D eigenvalue weighted by molar-refractivity contribution is 5.36. The highest BCUT2D eigenvalue weighted by Crippen LogP contribution is 2.14. The highest BCUT2D eigenvalue weighted by Gasteiger charge is 2.13. The van der Waals surface area contributed by atoms with Crippen LogP contribution >= 0.6 is 0 Å². The van der Waals surface area contributed by atoms with Crippen molar-refractivity contribution in [2.45, 2.75) is 12.8 Å². The Balaban J connectivity index is 2.01. The predicted molar refractivity (Wildman–Crippen MR) is 64.4 cm³/mol. The maximum atomic E-state index is 8.08. The van der Waals surface area contributed by atoms with Crippen LogP contribution in [-0.2, 0) is 0 Å². The van der Waals surface area contributed by atoms with Gasteiger partial charge in [0.2, 0.25) is 5.95 Å². The lowest BCUT2D eigenvalue weighted by atomic mass is 10.3. The van der Waals surface area contributed by atoms with E-state index >= 15 is 0 Å². The van der Waals surface area contributed by atoms with Gasteiger partial charge in [0.05, 0.1) is 12.1 Å². The van der Waals surface area contributed by atoms with Crippen LogP contribution in [-0.4, -0.2) is 29.6 Å². The molecular formula is C11H12N6. The molecule has 1 fully saturated rings. The fourth-order valence-electron chi connectivity index (χ4n) is 1.67. The average molecular weight is 228 g/mol. The van der Waals surface area contributed by atoms with Gasteiger partial charge in [-0.05, 0) is 18.4 Å². The molecule has 0 saturated carbocycles. The van der Waals surface area contributed by atoms with Gasteiger partial charge in [-0.15, -0.1) is 0 Å². The summed E-state index contributed by atoms with van der Waals surface area (Å²) in [4.78, 5) is 13.3. The Labute approximate surface area is 99.3 Å². The summed E-state index contributed by atoms with van der Waals surface area (Å²) in [5, 5.41) is 3.33. The molecule has 2 rings (SSSR count). The zero-order valence-electron chi connectivity index (χ0n) is 9.37. The minimum absolute atomic E-state index is 0.171. The molecule has 1 aliphatic rings. The van der Waals surface area contributed by atoms with Crippen LogP contribution in [0.15, 0.2) is 17.5 Å². The normalized spacial score (nSPS) is 13.8. The molecule has 6 heteroatoms. The maximum Gasteiger partial charge on any atom is 0.225 e. The summed E-state index contributed by atoms with van der Waals surface area (Å²) < 4.78 is 0. The van der Waals surface area contributed by atoms with Crippen molar-refractivity contribution in [1.29, 1.82) is 0 Å². The first-order chi connectivity index (χ1) is 8.40. The zero-order valence-corrected chi connectivity index (χ0v) is 9.37. The van der Waals surface area contributed by atoms with E-state index in [1.807, 2.05) is 0 Å². The highest BCUT2D eigenvalue weighted by atomic mass is 15.3. The largest absolute Gasteiger partial charge is 0.341 e. The van der Waals surface area contributed by atoms with Gasteiger partial charge in [-0.2, -0.15) is 0 Å². The molecule has 1 aromatic rings. The molecule has 0 amide bonds. The Morgan fingerprint density at radius 1 is 1.35 bits per heavy atom. The number of anilines is 1. The molecule has 0 radical (unpaired) electrons. The Morgan fingerprint density at radius 3 is 2.71 bits per heavy atom. The van der Waals surface area contributed by atoms with Gasteiger partial charge in [0.1, 0.15) is 0 Å². The van der Waals surface area contributed by atoms with Gasteiger partial charge in [-0.25, -0.2) is 9.97 Å². The molecule has 0 bridgehead atoms. The van der Waals surface area contributed by atoms with Crippen molar-refractivity contribution < 1.29 is 0 Å². The van der Waals surface area contributed by atoms with E-state index < -0.39 is 0 Å². The fraction of sp³-hybridized carbons (Fsp3) is 0.455. The minimum atomic E-state index is 0.171. The van der Waals surface area contributed by atoms with Crippen LogP contribution in [0.25, 0.3) is 10.4 Å². The first kappa shape index (κ1) is 11.2. The summed E-state index contributed by atoms with van der Waals surface area (Å²) in [7, 11) is 0. The van der Waals surface area contributed by atoms with Gasteiger partial charge in [-0.3, -0.25) is 0 Å². The Kier molecular flexibility index (Phi) is 3.79. The second-order valence-electron chi connectivity index (χ2n) is 3.66. The summed E-state index contributed by atoms with van der Waals surface area (Å²) in [6.07, 6.45) is 5.81. The van der Waals surface area contributed by atoms with E-state index in [2.05, 4.69) is 36.7 Å². The van der Waals surface area contributed by atoms with Crippen molar-refractivity contribution in [1.82, 2.24) is 9.97 Å². The maximum absolute atomic E-state index is 8.08. The van der Waals surface area contributed by atoms with E-state index in [0.717, 1.165) is 24.6 Å². The van der Waals surface area contributed by atoms with Crippen LogP contribution in [0.5, 0.6) is 0 Å². The van der Waals surface area contributed by atoms with Crippen LogP contribution in [0.3, 0.4) is 0 Å². The lowest BCUT2D eigenvalue weighted by Crippen LogP contribution is -2.20. The Hall–Kier alpha value is -2.25. The minimum Gasteiger partial charge on any atom is -0.341 e. The molecule has 0 aromatic carbocycles. The molecule has 0 N–H and O–H groups in total. The van der Waals surface area contributed by atoms with E-state index in [9.17, 15) is 0 Å². The van der Waals surface area contributed by atoms with Gasteiger partial charge >= 0.3 is 0 Å². The number of azide groups is 1. The lowest BCUT2D eigenvalue weighted by molar-refractivity contribution is 0.897. The van der Waals surface area contributed by atoms with E-state index in [1.54, 1.807) is 12.4 Å². The van der Waals surface area contributed by atoms with Crippen LogP contribution in [0.2, 0.25) is 0 Å². The third-order valence-electron chi connectivity index (χ3n) is 2.47. The molecule has 0 atom stereocenters. The van der Waals surface area contributed by atoms with Crippen LogP contribution in [0, 0.1) is 11.8 Å². The summed E-state index contributed by atoms with van der Waals surface area (Å²) in [5.41, 5.74) is 8.82. The first-order valence-corrected chi connectivity index (χ1v) is 5.47. The summed E-state index contributed by atoms with van der Waals surface area (Å²) >= 11 is 0. The summed E-state index contributed by atoms with van der Waals surface area (Å²) in [6, 6.07) is 0. The molecule has 1 aliphatic heterocycles. The molecule has 2 heterocycles. The number of rotatable bonds is 2. The summed E-state index contributed by atoms with van der Waals surface area (Å²) in [5.74, 6) is 6.33. The third kappa shape index (κ3) is 3.10. The number of hydrogen-bond donors (Lipinski definition) is 0. The zero-order chi connectivity index (χ0) is 11.9. The second-order valence-corrected chi connectivity index (χ2v) is 3.66. The van der Waals surface area contributed by atoms with Gasteiger partial charge in [0.25, 0.3) is 0 Å². The van der Waals surface area contributed by atoms with E-state index in [1.165, 1.54) is 12.8 Å². The SMILES string of the molecule is [N-]=[N+]=NCC#Cc1cnc(N2CCCC2)nc1. The molecule has 1 aromatic heterocycles. The topological polar surface area (TPSA) is 77.8 Å². The van der Waals surface area contributed by atoms with Gasteiger partial charge in [0, 0.05) is 30.4 Å². The molecule has 6 nitrogen and oxygen atoms in total. The molecule has 1 saturated heterocycles. The van der Waals surface area contributed by atoms with Crippen molar-refractivity contribution in [3.05, 3.63) is 28.4 Å². The van der Waals surface area contributed by atoms with Crippen LogP contribution < -0.4 is 4.90 Å². The second kappa shape index (κ2) is 5.73. The van der Waals surface area contributed by atoms with Crippen molar-refractivity contribution >= 4 is 5.95 Å². The Bertz CT molecular complexity index is 471.